The van der Waals surface area contributed by atoms with Gasteiger partial charge in [-0.15, -0.1) is 0 Å². The summed E-state index contributed by atoms with van der Waals surface area (Å²) in [4.78, 5) is 4.06. The minimum absolute atomic E-state index is 0.360. The molecule has 0 radical (unpaired) electrons. The summed E-state index contributed by atoms with van der Waals surface area (Å²) in [6, 6.07) is 4.48. The van der Waals surface area contributed by atoms with Gasteiger partial charge in [0.1, 0.15) is 11.5 Å². The Morgan fingerprint density at radius 1 is 1.47 bits per heavy atom. The summed E-state index contributed by atoms with van der Waals surface area (Å²) in [5.74, 6) is 0.0344. The molecule has 90 valence electrons. The van der Waals surface area contributed by atoms with E-state index in [2.05, 4.69) is 10.3 Å². The number of oxazole rings is 1. The third-order valence-electron chi connectivity index (χ3n) is 2.36. The Balaban J connectivity index is 2.35. The molecule has 0 saturated heterocycles. The first kappa shape index (κ1) is 12.1. The molecule has 0 saturated carbocycles. The molecule has 17 heavy (non-hydrogen) atoms. The number of nitrogens with one attached hydrogen (secondary N) is 1. The molecule has 2 rings (SSSR count). The van der Waals surface area contributed by atoms with Crippen LogP contribution in [0, 0.1) is 5.82 Å². The number of aromatic nitrogens is 1. The van der Waals surface area contributed by atoms with Gasteiger partial charge in [0.05, 0.1) is 5.56 Å². The lowest BCUT2D eigenvalue weighted by Gasteiger charge is -2.03. The fraction of sp³-hybridized carbons (Fsp3) is 0.250. The van der Waals surface area contributed by atoms with Crippen LogP contribution in [0.1, 0.15) is 12.6 Å². The van der Waals surface area contributed by atoms with Gasteiger partial charge in [0.25, 0.3) is 0 Å². The summed E-state index contributed by atoms with van der Waals surface area (Å²) >= 11 is 5.70. The number of halogens is 2. The molecule has 0 spiro atoms. The number of hydrogen-bond donors (Lipinski definition) is 1. The standard InChI is InChI=1S/C12H12ClFN2O/c1-2-15-6-11-12(17-7-16-11)9-4-3-8(13)5-10(9)14/h3-5,7,15H,2,6H2,1H3. The minimum atomic E-state index is -0.410. The largest absolute Gasteiger partial charge is 0.443 e. The second kappa shape index (κ2) is 5.29. The summed E-state index contributed by atoms with van der Waals surface area (Å²) < 4.78 is 19.0. The van der Waals surface area contributed by atoms with Crippen LogP contribution in [0.3, 0.4) is 0 Å². The molecule has 1 heterocycles. The van der Waals surface area contributed by atoms with Gasteiger partial charge in [-0.2, -0.15) is 0 Å². The Hall–Kier alpha value is -1.39. The van der Waals surface area contributed by atoms with Crippen molar-refractivity contribution in [3.05, 3.63) is 41.1 Å². The van der Waals surface area contributed by atoms with Crippen LogP contribution in [0.2, 0.25) is 5.02 Å². The quantitative estimate of drug-likeness (QED) is 0.910. The molecule has 2 aromatic rings. The van der Waals surface area contributed by atoms with E-state index in [1.54, 1.807) is 12.1 Å². The average molecular weight is 255 g/mol. The van der Waals surface area contributed by atoms with Gasteiger partial charge in [-0.3, -0.25) is 0 Å². The van der Waals surface area contributed by atoms with E-state index in [0.717, 1.165) is 6.54 Å². The molecule has 0 aliphatic rings. The van der Waals surface area contributed by atoms with Crippen LogP contribution in [-0.2, 0) is 6.54 Å². The molecule has 0 amide bonds. The topological polar surface area (TPSA) is 38.1 Å². The van der Waals surface area contributed by atoms with Crippen LogP contribution in [0.25, 0.3) is 11.3 Å². The normalized spacial score (nSPS) is 10.8. The van der Waals surface area contributed by atoms with Crippen molar-refractivity contribution in [3.8, 4) is 11.3 Å². The second-order valence-corrected chi connectivity index (χ2v) is 3.97. The smallest absolute Gasteiger partial charge is 0.181 e. The molecule has 0 aliphatic carbocycles. The summed E-state index contributed by atoms with van der Waals surface area (Å²) in [5, 5.41) is 3.48. The van der Waals surface area contributed by atoms with E-state index in [4.69, 9.17) is 16.0 Å². The van der Waals surface area contributed by atoms with E-state index in [-0.39, 0.29) is 0 Å². The van der Waals surface area contributed by atoms with E-state index in [1.807, 2.05) is 6.92 Å². The molecular formula is C12H12ClFN2O. The van der Waals surface area contributed by atoms with Crippen molar-refractivity contribution in [2.24, 2.45) is 0 Å². The van der Waals surface area contributed by atoms with Crippen molar-refractivity contribution in [1.82, 2.24) is 10.3 Å². The van der Waals surface area contributed by atoms with Crippen molar-refractivity contribution in [3.63, 3.8) is 0 Å². The Kier molecular flexibility index (Phi) is 3.76. The third-order valence-corrected chi connectivity index (χ3v) is 2.59. The molecule has 5 heteroatoms. The van der Waals surface area contributed by atoms with Gasteiger partial charge in [-0.05, 0) is 24.7 Å². The Morgan fingerprint density at radius 3 is 3.00 bits per heavy atom. The summed E-state index contributed by atoms with van der Waals surface area (Å²) in [6.07, 6.45) is 1.32. The lowest BCUT2D eigenvalue weighted by Crippen LogP contribution is -2.12. The zero-order valence-electron chi connectivity index (χ0n) is 9.34. The molecule has 3 nitrogen and oxygen atoms in total. The van der Waals surface area contributed by atoms with Gasteiger partial charge in [0.2, 0.25) is 0 Å². The van der Waals surface area contributed by atoms with Gasteiger partial charge in [0, 0.05) is 11.6 Å². The summed E-state index contributed by atoms with van der Waals surface area (Å²) in [6.45, 7) is 3.35. The maximum absolute atomic E-state index is 13.7. The first-order valence-corrected chi connectivity index (χ1v) is 5.68. The van der Waals surface area contributed by atoms with E-state index >= 15 is 0 Å². The summed E-state index contributed by atoms with van der Waals surface area (Å²) in [5.41, 5.74) is 1.06. The maximum Gasteiger partial charge on any atom is 0.181 e. The SMILES string of the molecule is CCNCc1ncoc1-c1ccc(Cl)cc1F. The van der Waals surface area contributed by atoms with Crippen molar-refractivity contribution in [2.75, 3.05) is 6.54 Å². The third kappa shape index (κ3) is 2.65. The lowest BCUT2D eigenvalue weighted by atomic mass is 10.1. The van der Waals surface area contributed by atoms with Crippen LogP contribution in [0.4, 0.5) is 4.39 Å². The van der Waals surface area contributed by atoms with E-state index in [1.165, 1.54) is 12.5 Å². The van der Waals surface area contributed by atoms with Crippen LogP contribution >= 0.6 is 11.6 Å². The second-order valence-electron chi connectivity index (χ2n) is 3.53. The van der Waals surface area contributed by atoms with E-state index in [0.29, 0.717) is 28.6 Å². The molecule has 1 aromatic carbocycles. The summed E-state index contributed by atoms with van der Waals surface area (Å²) in [7, 11) is 0. The van der Waals surface area contributed by atoms with Crippen LogP contribution in [-0.4, -0.2) is 11.5 Å². The van der Waals surface area contributed by atoms with Gasteiger partial charge < -0.3 is 9.73 Å². The molecule has 0 fully saturated rings. The Bertz CT molecular complexity index is 513. The lowest BCUT2D eigenvalue weighted by molar-refractivity contribution is 0.559. The highest BCUT2D eigenvalue weighted by Crippen LogP contribution is 2.27. The van der Waals surface area contributed by atoms with Gasteiger partial charge in [-0.25, -0.2) is 9.37 Å². The molecular weight excluding hydrogens is 243 g/mol. The molecule has 0 atom stereocenters. The van der Waals surface area contributed by atoms with Crippen molar-refractivity contribution in [1.29, 1.82) is 0 Å². The Labute approximate surface area is 104 Å². The van der Waals surface area contributed by atoms with Gasteiger partial charge in [-0.1, -0.05) is 18.5 Å². The molecule has 1 aromatic heterocycles. The fourth-order valence-corrected chi connectivity index (χ4v) is 1.69. The average Bonchev–Trinajstić information content (AvgIpc) is 2.74. The predicted octanol–water partition coefficient (Wildman–Crippen LogP) is 3.24. The highest BCUT2D eigenvalue weighted by molar-refractivity contribution is 6.30. The monoisotopic (exact) mass is 254 g/mol. The number of nitrogens with zero attached hydrogens (tertiary/aromatic N) is 1. The predicted molar refractivity (Wildman–Crippen MR) is 64.3 cm³/mol. The van der Waals surface area contributed by atoms with Gasteiger partial charge in [0.15, 0.2) is 12.2 Å². The molecule has 0 aliphatic heterocycles. The van der Waals surface area contributed by atoms with Crippen molar-refractivity contribution >= 4 is 11.6 Å². The first-order chi connectivity index (χ1) is 8.22. The zero-order valence-corrected chi connectivity index (χ0v) is 10.1. The van der Waals surface area contributed by atoms with Crippen molar-refractivity contribution < 1.29 is 8.81 Å². The first-order valence-electron chi connectivity index (χ1n) is 5.31. The van der Waals surface area contributed by atoms with Crippen molar-refractivity contribution in [2.45, 2.75) is 13.5 Å². The van der Waals surface area contributed by atoms with Gasteiger partial charge >= 0.3 is 0 Å². The zero-order chi connectivity index (χ0) is 12.3. The molecule has 0 bridgehead atoms. The molecule has 0 unspecified atom stereocenters. The Morgan fingerprint density at radius 2 is 2.29 bits per heavy atom. The van der Waals surface area contributed by atoms with E-state index < -0.39 is 5.82 Å². The molecule has 1 N–H and O–H groups in total. The fourth-order valence-electron chi connectivity index (χ4n) is 1.53. The number of benzene rings is 1. The number of hydrogen-bond acceptors (Lipinski definition) is 3. The maximum atomic E-state index is 13.7. The highest BCUT2D eigenvalue weighted by Gasteiger charge is 2.14. The highest BCUT2D eigenvalue weighted by atomic mass is 35.5. The number of rotatable bonds is 4. The van der Waals surface area contributed by atoms with Crippen LogP contribution in [0.5, 0.6) is 0 Å². The van der Waals surface area contributed by atoms with Crippen LogP contribution < -0.4 is 5.32 Å². The van der Waals surface area contributed by atoms with E-state index in [9.17, 15) is 4.39 Å². The minimum Gasteiger partial charge on any atom is -0.443 e. The van der Waals surface area contributed by atoms with Crippen LogP contribution in [0.15, 0.2) is 29.0 Å².